The van der Waals surface area contributed by atoms with Crippen LogP contribution in [0.5, 0.6) is 0 Å². The van der Waals surface area contributed by atoms with Crippen molar-refractivity contribution >= 4 is 22.6 Å². The summed E-state index contributed by atoms with van der Waals surface area (Å²) in [5, 5.41) is 0. The Labute approximate surface area is 155 Å². The zero-order valence-electron chi connectivity index (χ0n) is 14.8. The smallest absolute Gasteiger partial charge is 0.326 e. The van der Waals surface area contributed by atoms with E-state index in [0.29, 0.717) is 29.8 Å². The Morgan fingerprint density at radius 2 is 2.00 bits per heavy atom. The minimum atomic E-state index is -0.319. The standard InChI is InChI=1S/C20H21FN4O2/c21-14-8-6-13(7-9-14)11-18(26)24-10-2-3-15(12-24)25-19-16(22)4-1-5-17(19)23-20(25)27/h1,4-9,15H,2-3,10-12,22H2,(H,23,27). The third-order valence-corrected chi connectivity index (χ3v) is 5.15. The fraction of sp³-hybridized carbons (Fsp3) is 0.300. The van der Waals surface area contributed by atoms with Crippen LogP contribution in [0.4, 0.5) is 10.1 Å². The molecular formula is C20H21FN4O2. The number of piperidine rings is 1. The first-order chi connectivity index (χ1) is 13.0. The second kappa shape index (κ2) is 6.90. The fourth-order valence-electron chi connectivity index (χ4n) is 3.84. The number of amides is 1. The van der Waals surface area contributed by atoms with E-state index in [0.717, 1.165) is 18.4 Å². The van der Waals surface area contributed by atoms with Crippen molar-refractivity contribution in [2.45, 2.75) is 25.3 Å². The maximum atomic E-state index is 13.0. The molecule has 1 saturated heterocycles. The lowest BCUT2D eigenvalue weighted by atomic mass is 10.0. The number of likely N-dealkylation sites (tertiary alicyclic amines) is 1. The molecule has 1 aliphatic rings. The SMILES string of the molecule is Nc1cccc2[nH]c(=O)n(C3CCCN(C(=O)Cc4ccc(F)cc4)C3)c12. The minimum absolute atomic E-state index is 0.0211. The van der Waals surface area contributed by atoms with Crippen LogP contribution in [0.1, 0.15) is 24.4 Å². The van der Waals surface area contributed by atoms with Gasteiger partial charge < -0.3 is 15.6 Å². The molecule has 6 nitrogen and oxygen atoms in total. The van der Waals surface area contributed by atoms with E-state index in [1.54, 1.807) is 33.7 Å². The average Bonchev–Trinajstić information content (AvgIpc) is 3.01. The number of aromatic amines is 1. The number of carbonyl (C=O) groups excluding carboxylic acids is 1. The van der Waals surface area contributed by atoms with Gasteiger partial charge >= 0.3 is 5.69 Å². The summed E-state index contributed by atoms with van der Waals surface area (Å²) in [4.78, 5) is 29.8. The van der Waals surface area contributed by atoms with Crippen molar-refractivity contribution in [1.82, 2.24) is 14.5 Å². The van der Waals surface area contributed by atoms with Crippen LogP contribution in [0.25, 0.3) is 11.0 Å². The number of H-pyrrole nitrogens is 1. The average molecular weight is 368 g/mol. The number of para-hydroxylation sites is 1. The Kier molecular flexibility index (Phi) is 4.43. The lowest BCUT2D eigenvalue weighted by molar-refractivity contribution is -0.132. The van der Waals surface area contributed by atoms with Gasteiger partial charge in [-0.1, -0.05) is 18.2 Å². The molecule has 1 atom stereocenters. The van der Waals surface area contributed by atoms with E-state index < -0.39 is 0 Å². The van der Waals surface area contributed by atoms with Crippen LogP contribution in [0.2, 0.25) is 0 Å². The molecule has 0 radical (unpaired) electrons. The summed E-state index contributed by atoms with van der Waals surface area (Å²) in [5.41, 5.74) is 8.60. The van der Waals surface area contributed by atoms with Gasteiger partial charge in [-0.15, -0.1) is 0 Å². The molecule has 1 aliphatic heterocycles. The number of hydrogen-bond donors (Lipinski definition) is 2. The molecule has 7 heteroatoms. The van der Waals surface area contributed by atoms with E-state index in [2.05, 4.69) is 4.98 Å². The molecule has 4 rings (SSSR count). The summed E-state index contributed by atoms with van der Waals surface area (Å²) in [6, 6.07) is 11.2. The molecule has 1 amide bonds. The van der Waals surface area contributed by atoms with Gasteiger partial charge in [-0.3, -0.25) is 9.36 Å². The van der Waals surface area contributed by atoms with Crippen molar-refractivity contribution in [2.75, 3.05) is 18.8 Å². The maximum Gasteiger partial charge on any atom is 0.326 e. The van der Waals surface area contributed by atoms with Crippen molar-refractivity contribution in [3.63, 3.8) is 0 Å². The van der Waals surface area contributed by atoms with Crippen LogP contribution in [0.15, 0.2) is 47.3 Å². The summed E-state index contributed by atoms with van der Waals surface area (Å²) in [7, 11) is 0. The third kappa shape index (κ3) is 3.32. The van der Waals surface area contributed by atoms with E-state index in [4.69, 9.17) is 5.73 Å². The summed E-state index contributed by atoms with van der Waals surface area (Å²) >= 11 is 0. The van der Waals surface area contributed by atoms with E-state index in [1.807, 2.05) is 6.07 Å². The molecule has 27 heavy (non-hydrogen) atoms. The Hall–Kier alpha value is -3.09. The zero-order chi connectivity index (χ0) is 19.0. The molecule has 0 saturated carbocycles. The predicted molar refractivity (Wildman–Crippen MR) is 102 cm³/mol. The highest BCUT2D eigenvalue weighted by Gasteiger charge is 2.27. The number of nitrogens with zero attached hydrogens (tertiary/aromatic N) is 2. The number of carbonyl (C=O) groups is 1. The lowest BCUT2D eigenvalue weighted by Crippen LogP contribution is -2.43. The van der Waals surface area contributed by atoms with Crippen LogP contribution in [0, 0.1) is 5.82 Å². The van der Waals surface area contributed by atoms with Gasteiger partial charge in [0.2, 0.25) is 5.91 Å². The molecule has 0 bridgehead atoms. The molecular weight excluding hydrogens is 347 g/mol. The van der Waals surface area contributed by atoms with E-state index in [-0.39, 0.29) is 29.9 Å². The van der Waals surface area contributed by atoms with E-state index in [9.17, 15) is 14.0 Å². The van der Waals surface area contributed by atoms with Gasteiger partial charge in [0.25, 0.3) is 0 Å². The van der Waals surface area contributed by atoms with Gasteiger partial charge in [0, 0.05) is 13.1 Å². The second-order valence-corrected chi connectivity index (χ2v) is 6.98. The van der Waals surface area contributed by atoms with Crippen molar-refractivity contribution in [2.24, 2.45) is 0 Å². The first-order valence-electron chi connectivity index (χ1n) is 9.04. The third-order valence-electron chi connectivity index (χ3n) is 5.15. The fourth-order valence-corrected chi connectivity index (χ4v) is 3.84. The summed E-state index contributed by atoms with van der Waals surface area (Å²) in [6.45, 7) is 1.12. The number of aromatic nitrogens is 2. The van der Waals surface area contributed by atoms with Gasteiger partial charge in [-0.25, -0.2) is 9.18 Å². The molecule has 1 aromatic heterocycles. The maximum absolute atomic E-state index is 13.0. The molecule has 3 N–H and O–H groups in total. The quantitative estimate of drug-likeness (QED) is 0.697. The number of benzene rings is 2. The van der Waals surface area contributed by atoms with Crippen LogP contribution < -0.4 is 11.4 Å². The highest BCUT2D eigenvalue weighted by molar-refractivity contribution is 5.87. The van der Waals surface area contributed by atoms with Crippen LogP contribution in [-0.4, -0.2) is 33.4 Å². The summed E-state index contributed by atoms with van der Waals surface area (Å²) in [6.07, 6.45) is 1.84. The first kappa shape index (κ1) is 17.3. The van der Waals surface area contributed by atoms with Crippen molar-refractivity contribution in [3.05, 3.63) is 64.3 Å². The molecule has 1 fully saturated rings. The number of hydrogen-bond acceptors (Lipinski definition) is 3. The van der Waals surface area contributed by atoms with Crippen LogP contribution in [0.3, 0.4) is 0 Å². The number of nitrogens with two attached hydrogens (primary N) is 1. The molecule has 140 valence electrons. The molecule has 1 unspecified atom stereocenters. The van der Waals surface area contributed by atoms with Crippen molar-refractivity contribution in [3.8, 4) is 0 Å². The minimum Gasteiger partial charge on any atom is -0.397 e. The Bertz CT molecular complexity index is 1040. The molecule has 2 aromatic carbocycles. The number of fused-ring (bicyclic) bond motifs is 1. The van der Waals surface area contributed by atoms with Gasteiger partial charge in [0.1, 0.15) is 5.82 Å². The van der Waals surface area contributed by atoms with Crippen LogP contribution >= 0.6 is 0 Å². The van der Waals surface area contributed by atoms with E-state index >= 15 is 0 Å². The Morgan fingerprint density at radius 1 is 1.22 bits per heavy atom. The van der Waals surface area contributed by atoms with Crippen molar-refractivity contribution in [1.29, 1.82) is 0 Å². The number of halogens is 1. The lowest BCUT2D eigenvalue weighted by Gasteiger charge is -2.33. The van der Waals surface area contributed by atoms with Gasteiger partial charge in [-0.05, 0) is 42.7 Å². The highest BCUT2D eigenvalue weighted by atomic mass is 19.1. The van der Waals surface area contributed by atoms with Crippen LogP contribution in [-0.2, 0) is 11.2 Å². The molecule has 0 aliphatic carbocycles. The number of nitrogens with one attached hydrogen (secondary N) is 1. The van der Waals surface area contributed by atoms with Gasteiger partial charge in [0.05, 0.1) is 29.2 Å². The highest BCUT2D eigenvalue weighted by Crippen LogP contribution is 2.27. The summed E-state index contributed by atoms with van der Waals surface area (Å²) in [5.74, 6) is -0.340. The molecule has 2 heterocycles. The monoisotopic (exact) mass is 368 g/mol. The molecule has 3 aromatic rings. The largest absolute Gasteiger partial charge is 0.397 e. The molecule has 0 spiro atoms. The number of nitrogen functional groups attached to an aromatic ring is 1. The second-order valence-electron chi connectivity index (χ2n) is 6.98. The number of anilines is 1. The summed E-state index contributed by atoms with van der Waals surface area (Å²) < 4.78 is 14.7. The number of imidazole rings is 1. The Morgan fingerprint density at radius 3 is 2.78 bits per heavy atom. The van der Waals surface area contributed by atoms with Gasteiger partial charge in [-0.2, -0.15) is 0 Å². The van der Waals surface area contributed by atoms with Gasteiger partial charge in [0.15, 0.2) is 0 Å². The van der Waals surface area contributed by atoms with Crippen molar-refractivity contribution < 1.29 is 9.18 Å². The predicted octanol–water partition coefficient (Wildman–Crippen LogP) is 2.46. The number of rotatable bonds is 3. The zero-order valence-corrected chi connectivity index (χ0v) is 14.8. The Balaban J connectivity index is 1.57. The van der Waals surface area contributed by atoms with E-state index in [1.165, 1.54) is 12.1 Å². The first-order valence-corrected chi connectivity index (χ1v) is 9.04. The topological polar surface area (TPSA) is 84.1 Å². The normalized spacial score (nSPS) is 17.4.